The van der Waals surface area contributed by atoms with E-state index in [0.29, 0.717) is 31.9 Å². The summed E-state index contributed by atoms with van der Waals surface area (Å²) >= 11 is 0. The van der Waals surface area contributed by atoms with Gasteiger partial charge in [-0.2, -0.15) is 0 Å². The number of oxime groups is 1. The van der Waals surface area contributed by atoms with E-state index >= 15 is 0 Å². The molecule has 4 rings (SSSR count). The molecular weight excluding hydrogens is 504 g/mol. The molecular formula is C33H36N2O5. The molecule has 0 bridgehead atoms. The lowest BCUT2D eigenvalue weighted by Crippen LogP contribution is -2.31. The van der Waals surface area contributed by atoms with Gasteiger partial charge in [0.1, 0.15) is 30.4 Å². The fourth-order valence-electron chi connectivity index (χ4n) is 4.08. The van der Waals surface area contributed by atoms with Crippen molar-refractivity contribution in [3.05, 3.63) is 108 Å². The molecule has 0 saturated carbocycles. The highest BCUT2D eigenvalue weighted by Crippen LogP contribution is 2.31. The second-order valence-corrected chi connectivity index (χ2v) is 10.5. The van der Waals surface area contributed by atoms with E-state index in [2.05, 4.69) is 10.1 Å². The van der Waals surface area contributed by atoms with Crippen LogP contribution in [0.25, 0.3) is 11.5 Å². The summed E-state index contributed by atoms with van der Waals surface area (Å²) in [5, 5.41) is 14.0. The largest absolute Gasteiger partial charge is 0.487 e. The lowest BCUT2D eigenvalue weighted by molar-refractivity contribution is -0.149. The Balaban J connectivity index is 1.34. The highest BCUT2D eigenvalue weighted by atomic mass is 16.6. The summed E-state index contributed by atoms with van der Waals surface area (Å²) in [6, 6.07) is 27.3. The van der Waals surface area contributed by atoms with Crippen LogP contribution in [0.15, 0.2) is 94.5 Å². The van der Waals surface area contributed by atoms with Gasteiger partial charge in [-0.15, -0.1) is 0 Å². The summed E-state index contributed by atoms with van der Waals surface area (Å²) in [7, 11) is 0. The van der Waals surface area contributed by atoms with Gasteiger partial charge in [0.15, 0.2) is 0 Å². The van der Waals surface area contributed by atoms with Crippen molar-refractivity contribution < 1.29 is 23.9 Å². The molecule has 0 spiro atoms. The van der Waals surface area contributed by atoms with E-state index in [1.807, 2.05) is 98.8 Å². The standard InChI is InChI=1S/C33H36N2O5/c1-23(33(3,4)32(36)37)15-20-29(26-11-7-5-8-12-26)35-39-21-25-16-18-28(19-17-25)38-22-30-24(2)40-31(34-30)27-13-9-6-10-14-27/h5-14,16-19,23H,15,20-22H2,1-4H3,(H,36,37). The minimum absolute atomic E-state index is 0.0302. The second kappa shape index (κ2) is 13.1. The van der Waals surface area contributed by atoms with Crippen molar-refractivity contribution in [2.45, 2.75) is 53.8 Å². The van der Waals surface area contributed by atoms with Gasteiger partial charge in [0.05, 0.1) is 11.1 Å². The summed E-state index contributed by atoms with van der Waals surface area (Å²) in [5.74, 6) is 1.21. The Morgan fingerprint density at radius 2 is 1.62 bits per heavy atom. The molecule has 0 aliphatic heterocycles. The molecule has 7 heteroatoms. The first-order chi connectivity index (χ1) is 19.2. The van der Waals surface area contributed by atoms with Crippen molar-refractivity contribution in [1.82, 2.24) is 4.98 Å². The van der Waals surface area contributed by atoms with Crippen LogP contribution in [0.2, 0.25) is 0 Å². The Bertz CT molecular complexity index is 1410. The van der Waals surface area contributed by atoms with Crippen LogP contribution in [0.5, 0.6) is 5.75 Å². The number of carboxylic acids is 1. The lowest BCUT2D eigenvalue weighted by Gasteiger charge is -2.27. The third-order valence-electron chi connectivity index (χ3n) is 7.32. The van der Waals surface area contributed by atoms with Gasteiger partial charge in [-0.3, -0.25) is 4.79 Å². The number of carbonyl (C=O) groups is 1. The Morgan fingerprint density at radius 3 is 2.27 bits per heavy atom. The molecule has 1 unspecified atom stereocenters. The van der Waals surface area contributed by atoms with Crippen LogP contribution in [-0.2, 0) is 22.8 Å². The predicted molar refractivity (Wildman–Crippen MR) is 155 cm³/mol. The van der Waals surface area contributed by atoms with E-state index < -0.39 is 11.4 Å². The number of aromatic nitrogens is 1. The van der Waals surface area contributed by atoms with Gasteiger partial charge >= 0.3 is 5.97 Å². The number of hydrogen-bond donors (Lipinski definition) is 1. The van der Waals surface area contributed by atoms with Crippen LogP contribution < -0.4 is 4.74 Å². The van der Waals surface area contributed by atoms with Gasteiger partial charge in [0, 0.05) is 5.56 Å². The maximum absolute atomic E-state index is 11.6. The number of rotatable bonds is 13. The number of hydrogen-bond acceptors (Lipinski definition) is 6. The predicted octanol–water partition coefficient (Wildman–Crippen LogP) is 7.68. The monoisotopic (exact) mass is 540 g/mol. The number of nitrogens with zero attached hydrogens (tertiary/aromatic N) is 2. The summed E-state index contributed by atoms with van der Waals surface area (Å²) in [6.45, 7) is 7.98. The molecule has 0 aliphatic rings. The number of aryl methyl sites for hydroxylation is 1. The molecule has 40 heavy (non-hydrogen) atoms. The Hall–Kier alpha value is -4.39. The van der Waals surface area contributed by atoms with Crippen LogP contribution in [0, 0.1) is 18.3 Å². The van der Waals surface area contributed by atoms with E-state index in [0.717, 1.165) is 39.6 Å². The van der Waals surface area contributed by atoms with Crippen LogP contribution in [-0.4, -0.2) is 21.8 Å². The highest BCUT2D eigenvalue weighted by Gasteiger charge is 2.33. The van der Waals surface area contributed by atoms with Gasteiger partial charge in [0.25, 0.3) is 0 Å². The van der Waals surface area contributed by atoms with E-state index in [1.165, 1.54) is 0 Å². The van der Waals surface area contributed by atoms with Gasteiger partial charge in [-0.05, 0) is 74.9 Å². The van der Waals surface area contributed by atoms with Gasteiger partial charge in [-0.25, -0.2) is 4.98 Å². The molecule has 0 saturated heterocycles. The van der Waals surface area contributed by atoms with Crippen LogP contribution in [0.3, 0.4) is 0 Å². The van der Waals surface area contributed by atoms with Gasteiger partial charge in [0.2, 0.25) is 5.89 Å². The van der Waals surface area contributed by atoms with Gasteiger partial charge in [-0.1, -0.05) is 72.7 Å². The van der Waals surface area contributed by atoms with Crippen molar-refractivity contribution in [2.24, 2.45) is 16.5 Å². The first-order valence-corrected chi connectivity index (χ1v) is 13.4. The Morgan fingerprint density at radius 1 is 0.975 bits per heavy atom. The molecule has 1 heterocycles. The van der Waals surface area contributed by atoms with Gasteiger partial charge < -0.3 is 19.1 Å². The molecule has 3 aromatic carbocycles. The zero-order chi connectivity index (χ0) is 28.5. The topological polar surface area (TPSA) is 94.2 Å². The van der Waals surface area contributed by atoms with Crippen molar-refractivity contribution in [2.75, 3.05) is 0 Å². The number of oxazole rings is 1. The van der Waals surface area contributed by atoms with E-state index in [-0.39, 0.29) is 5.92 Å². The second-order valence-electron chi connectivity index (χ2n) is 10.5. The Kier molecular flexibility index (Phi) is 9.38. The molecule has 1 atom stereocenters. The Labute approximate surface area is 235 Å². The average Bonchev–Trinajstić information content (AvgIpc) is 3.35. The lowest BCUT2D eigenvalue weighted by atomic mass is 9.77. The zero-order valence-corrected chi connectivity index (χ0v) is 23.5. The highest BCUT2D eigenvalue weighted by molar-refractivity contribution is 6.00. The maximum atomic E-state index is 11.6. The summed E-state index contributed by atoms with van der Waals surface area (Å²) < 4.78 is 11.8. The summed E-state index contributed by atoms with van der Waals surface area (Å²) in [4.78, 5) is 22.0. The van der Waals surface area contributed by atoms with Crippen LogP contribution >= 0.6 is 0 Å². The first kappa shape index (κ1) is 28.6. The minimum atomic E-state index is -0.816. The third kappa shape index (κ3) is 7.38. The van der Waals surface area contributed by atoms with Crippen molar-refractivity contribution in [1.29, 1.82) is 0 Å². The SMILES string of the molecule is Cc1oc(-c2ccccc2)nc1COc1ccc(CON=C(CCC(C)C(C)(C)C(=O)O)c2ccccc2)cc1. The smallest absolute Gasteiger partial charge is 0.309 e. The molecule has 4 aromatic rings. The maximum Gasteiger partial charge on any atom is 0.309 e. The van der Waals surface area contributed by atoms with Crippen molar-refractivity contribution in [3.63, 3.8) is 0 Å². The molecule has 7 nitrogen and oxygen atoms in total. The molecule has 0 aliphatic carbocycles. The number of benzene rings is 3. The van der Waals surface area contributed by atoms with E-state index in [1.54, 1.807) is 13.8 Å². The third-order valence-corrected chi connectivity index (χ3v) is 7.32. The van der Waals surface area contributed by atoms with Crippen LogP contribution in [0.1, 0.15) is 56.2 Å². The molecule has 1 N–H and O–H groups in total. The molecule has 208 valence electrons. The first-order valence-electron chi connectivity index (χ1n) is 13.4. The molecule has 0 radical (unpaired) electrons. The fraction of sp³-hybridized carbons (Fsp3) is 0.303. The summed E-state index contributed by atoms with van der Waals surface area (Å²) in [5.41, 5.74) is 3.58. The van der Waals surface area contributed by atoms with Crippen molar-refractivity contribution in [3.8, 4) is 17.2 Å². The van der Waals surface area contributed by atoms with Crippen molar-refractivity contribution >= 4 is 11.7 Å². The average molecular weight is 541 g/mol. The molecule has 1 aromatic heterocycles. The zero-order valence-electron chi connectivity index (χ0n) is 23.5. The minimum Gasteiger partial charge on any atom is -0.487 e. The fourth-order valence-corrected chi connectivity index (χ4v) is 4.08. The normalized spacial score (nSPS) is 12.7. The van der Waals surface area contributed by atoms with E-state index in [4.69, 9.17) is 14.0 Å². The number of carboxylic acid groups (broad SMARTS) is 1. The number of ether oxygens (including phenoxy) is 1. The quantitative estimate of drug-likeness (QED) is 0.138. The molecule has 0 fully saturated rings. The van der Waals surface area contributed by atoms with Crippen LogP contribution in [0.4, 0.5) is 0 Å². The van der Waals surface area contributed by atoms with E-state index in [9.17, 15) is 9.90 Å². The number of aliphatic carboxylic acids is 1. The molecule has 0 amide bonds. The summed E-state index contributed by atoms with van der Waals surface area (Å²) in [6.07, 6.45) is 1.29.